The molecule has 124 valence electrons. The van der Waals surface area contributed by atoms with Crippen LogP contribution in [0.2, 0.25) is 0 Å². The summed E-state index contributed by atoms with van der Waals surface area (Å²) in [7, 11) is 1.73. The van der Waals surface area contributed by atoms with Crippen LogP contribution in [0.1, 0.15) is 34.7 Å². The predicted octanol–water partition coefficient (Wildman–Crippen LogP) is 3.73. The highest BCUT2D eigenvalue weighted by Crippen LogP contribution is 2.32. The third kappa shape index (κ3) is 3.25. The van der Waals surface area contributed by atoms with Crippen LogP contribution in [0.5, 0.6) is 0 Å². The second-order valence-corrected chi connectivity index (χ2v) is 6.52. The van der Waals surface area contributed by atoms with Gasteiger partial charge in [-0.05, 0) is 23.9 Å². The molecule has 1 unspecified atom stereocenters. The van der Waals surface area contributed by atoms with Gasteiger partial charge in [-0.15, -0.1) is 11.3 Å². The van der Waals surface area contributed by atoms with Crippen LogP contribution in [0.3, 0.4) is 0 Å². The molecule has 1 aromatic carbocycles. The number of aliphatic hydroxyl groups excluding tert-OH is 1. The molecule has 2 heterocycles. The SMILES string of the molecule is CC(O)c1onc(-c2cccs2)c1C(=O)N(C)Cc1ccccc1. The van der Waals surface area contributed by atoms with Crippen LogP contribution in [-0.4, -0.2) is 28.1 Å². The maximum atomic E-state index is 13.0. The highest BCUT2D eigenvalue weighted by atomic mass is 32.1. The minimum atomic E-state index is -0.907. The minimum Gasteiger partial charge on any atom is -0.385 e. The van der Waals surface area contributed by atoms with Gasteiger partial charge in [0.15, 0.2) is 5.76 Å². The molecule has 1 N–H and O–H groups in total. The van der Waals surface area contributed by atoms with Gasteiger partial charge in [-0.3, -0.25) is 4.79 Å². The zero-order valence-electron chi connectivity index (χ0n) is 13.5. The number of hydrogen-bond donors (Lipinski definition) is 1. The third-order valence-electron chi connectivity index (χ3n) is 3.68. The first kappa shape index (κ1) is 16.4. The van der Waals surface area contributed by atoms with E-state index in [0.717, 1.165) is 10.4 Å². The van der Waals surface area contributed by atoms with Crippen molar-refractivity contribution in [3.63, 3.8) is 0 Å². The molecule has 0 aliphatic heterocycles. The van der Waals surface area contributed by atoms with Crippen LogP contribution in [0.25, 0.3) is 10.6 Å². The molecule has 1 amide bonds. The normalized spacial score (nSPS) is 12.1. The Kier molecular flexibility index (Phi) is 4.78. The van der Waals surface area contributed by atoms with E-state index in [1.54, 1.807) is 18.9 Å². The van der Waals surface area contributed by atoms with Gasteiger partial charge in [0.2, 0.25) is 0 Å². The van der Waals surface area contributed by atoms with E-state index in [2.05, 4.69) is 5.16 Å². The quantitative estimate of drug-likeness (QED) is 0.767. The molecule has 5 nitrogen and oxygen atoms in total. The summed E-state index contributed by atoms with van der Waals surface area (Å²) in [6.45, 7) is 2.03. The van der Waals surface area contributed by atoms with Gasteiger partial charge < -0.3 is 14.5 Å². The van der Waals surface area contributed by atoms with Crippen LogP contribution in [0.15, 0.2) is 52.4 Å². The van der Waals surface area contributed by atoms with Gasteiger partial charge in [-0.2, -0.15) is 0 Å². The standard InChI is InChI=1S/C18H18N2O3S/c1-12(21)17-15(16(19-23-17)14-9-6-10-24-14)18(22)20(2)11-13-7-4-3-5-8-13/h3-10,12,21H,11H2,1-2H3. The highest BCUT2D eigenvalue weighted by Gasteiger charge is 2.29. The van der Waals surface area contributed by atoms with E-state index < -0.39 is 6.10 Å². The van der Waals surface area contributed by atoms with Gasteiger partial charge in [0, 0.05) is 13.6 Å². The zero-order chi connectivity index (χ0) is 17.1. The average molecular weight is 342 g/mol. The van der Waals surface area contributed by atoms with Crippen LogP contribution in [-0.2, 0) is 6.54 Å². The topological polar surface area (TPSA) is 66.6 Å². The molecule has 0 bridgehead atoms. The molecule has 3 rings (SSSR count). The van der Waals surface area contributed by atoms with Crippen molar-refractivity contribution in [1.29, 1.82) is 0 Å². The molecule has 0 aliphatic carbocycles. The first-order valence-electron chi connectivity index (χ1n) is 7.59. The van der Waals surface area contributed by atoms with Crippen molar-refractivity contribution in [2.75, 3.05) is 7.05 Å². The van der Waals surface area contributed by atoms with Gasteiger partial charge in [0.05, 0.1) is 4.88 Å². The van der Waals surface area contributed by atoms with Crippen molar-refractivity contribution in [3.05, 3.63) is 64.7 Å². The zero-order valence-corrected chi connectivity index (χ0v) is 14.3. The number of carbonyl (C=O) groups is 1. The summed E-state index contributed by atoms with van der Waals surface area (Å²) in [4.78, 5) is 15.4. The fourth-order valence-electron chi connectivity index (χ4n) is 2.50. The minimum absolute atomic E-state index is 0.198. The first-order valence-corrected chi connectivity index (χ1v) is 8.46. The summed E-state index contributed by atoms with van der Waals surface area (Å²) in [5.41, 5.74) is 1.83. The van der Waals surface area contributed by atoms with Crippen molar-refractivity contribution >= 4 is 17.2 Å². The van der Waals surface area contributed by atoms with Crippen LogP contribution < -0.4 is 0 Å². The van der Waals surface area contributed by atoms with Crippen LogP contribution in [0, 0.1) is 0 Å². The van der Waals surface area contributed by atoms with Gasteiger partial charge in [-0.1, -0.05) is 41.6 Å². The number of aliphatic hydroxyl groups is 1. The molecule has 1 atom stereocenters. The number of hydrogen-bond acceptors (Lipinski definition) is 5. The maximum Gasteiger partial charge on any atom is 0.259 e. The van der Waals surface area contributed by atoms with Crippen LogP contribution >= 0.6 is 11.3 Å². The van der Waals surface area contributed by atoms with Crippen molar-refractivity contribution in [1.82, 2.24) is 10.1 Å². The van der Waals surface area contributed by atoms with Crippen molar-refractivity contribution in [3.8, 4) is 10.6 Å². The largest absolute Gasteiger partial charge is 0.385 e. The van der Waals surface area contributed by atoms with Gasteiger partial charge in [0.25, 0.3) is 5.91 Å². The van der Waals surface area contributed by atoms with E-state index in [1.807, 2.05) is 47.8 Å². The second-order valence-electron chi connectivity index (χ2n) is 5.57. The number of carbonyl (C=O) groups excluding carboxylic acids is 1. The molecule has 3 aromatic rings. The molecule has 2 aromatic heterocycles. The Morgan fingerprint density at radius 2 is 2.04 bits per heavy atom. The molecule has 0 spiro atoms. The molecule has 0 fully saturated rings. The summed E-state index contributed by atoms with van der Waals surface area (Å²) in [5.74, 6) is -0.0253. The lowest BCUT2D eigenvalue weighted by Crippen LogP contribution is -2.27. The van der Waals surface area contributed by atoms with E-state index in [4.69, 9.17) is 4.52 Å². The van der Waals surface area contributed by atoms with E-state index in [9.17, 15) is 9.90 Å². The summed E-state index contributed by atoms with van der Waals surface area (Å²) >= 11 is 1.47. The number of thiophene rings is 1. The fourth-order valence-corrected chi connectivity index (χ4v) is 3.21. The third-order valence-corrected chi connectivity index (χ3v) is 4.55. The number of rotatable bonds is 5. The first-order chi connectivity index (χ1) is 11.6. The number of amides is 1. The van der Waals surface area contributed by atoms with Crippen molar-refractivity contribution in [2.24, 2.45) is 0 Å². The number of aromatic nitrogens is 1. The maximum absolute atomic E-state index is 13.0. The summed E-state index contributed by atoms with van der Waals surface area (Å²) in [6.07, 6.45) is -0.907. The molecule has 0 radical (unpaired) electrons. The summed E-state index contributed by atoms with van der Waals surface area (Å²) in [6, 6.07) is 13.5. The monoisotopic (exact) mass is 342 g/mol. The molecular formula is C18H18N2O3S. The van der Waals surface area contributed by atoms with Gasteiger partial charge >= 0.3 is 0 Å². The average Bonchev–Trinajstić information content (AvgIpc) is 3.24. The highest BCUT2D eigenvalue weighted by molar-refractivity contribution is 7.13. The molecule has 0 saturated heterocycles. The molecule has 24 heavy (non-hydrogen) atoms. The Labute approximate surface area is 144 Å². The van der Waals surface area contributed by atoms with Gasteiger partial charge in [-0.25, -0.2) is 0 Å². The summed E-state index contributed by atoms with van der Waals surface area (Å²) < 4.78 is 5.26. The lowest BCUT2D eigenvalue weighted by Gasteiger charge is -2.18. The molecule has 6 heteroatoms. The summed E-state index contributed by atoms with van der Waals surface area (Å²) in [5, 5.41) is 15.9. The van der Waals surface area contributed by atoms with E-state index in [1.165, 1.54) is 11.3 Å². The fraction of sp³-hybridized carbons (Fsp3) is 0.222. The van der Waals surface area contributed by atoms with Gasteiger partial charge in [0.1, 0.15) is 17.4 Å². The number of nitrogens with zero attached hydrogens (tertiary/aromatic N) is 2. The van der Waals surface area contributed by atoms with Crippen molar-refractivity contribution in [2.45, 2.75) is 19.6 Å². The Morgan fingerprint density at radius 3 is 2.67 bits per heavy atom. The van der Waals surface area contributed by atoms with E-state index >= 15 is 0 Å². The van der Waals surface area contributed by atoms with Crippen molar-refractivity contribution < 1.29 is 14.4 Å². The predicted molar refractivity (Wildman–Crippen MR) is 92.7 cm³/mol. The Hall–Kier alpha value is -2.44. The van der Waals surface area contributed by atoms with E-state index in [0.29, 0.717) is 17.8 Å². The molecule has 0 aliphatic rings. The Bertz CT molecular complexity index is 810. The Morgan fingerprint density at radius 1 is 1.29 bits per heavy atom. The lowest BCUT2D eigenvalue weighted by atomic mass is 10.1. The molecule has 0 saturated carbocycles. The lowest BCUT2D eigenvalue weighted by molar-refractivity contribution is 0.0773. The second kappa shape index (κ2) is 6.98. The van der Waals surface area contributed by atoms with E-state index in [-0.39, 0.29) is 11.7 Å². The van der Waals surface area contributed by atoms with Crippen LogP contribution in [0.4, 0.5) is 0 Å². The Balaban J connectivity index is 1.95. The smallest absolute Gasteiger partial charge is 0.259 e. The molecular weight excluding hydrogens is 324 g/mol. The number of benzene rings is 1.